The average molecular weight is 318 g/mol. The topological polar surface area (TPSA) is 105 Å². The minimum atomic E-state index is -3.00. The zero-order chi connectivity index (χ0) is 14.9. The maximum atomic E-state index is 12.3. The number of carbonyl (C=O) groups is 1. The molecule has 1 amide bonds. The van der Waals surface area contributed by atoms with Crippen molar-refractivity contribution in [1.82, 2.24) is 9.88 Å². The van der Waals surface area contributed by atoms with E-state index in [0.29, 0.717) is 10.0 Å². The molecule has 0 aliphatic carbocycles. The maximum Gasteiger partial charge on any atom is 0.267 e. The molecule has 9 heteroatoms. The standard InChI is InChI=1S/C11H18N4O3S2/c1-7(2)13-11-14-9(12)8(19-11)10(16)15-3-5-20(17,18)6-4-15/h7H,3-6,12H2,1-2H3,(H,13,14). The Bertz CT molecular complexity index is 595. The highest BCUT2D eigenvalue weighted by Crippen LogP contribution is 2.27. The van der Waals surface area contributed by atoms with E-state index >= 15 is 0 Å². The number of sulfone groups is 1. The number of nitrogens with one attached hydrogen (secondary N) is 1. The number of aromatic nitrogens is 1. The fourth-order valence-corrected chi connectivity index (χ4v) is 4.05. The second kappa shape index (κ2) is 5.57. The largest absolute Gasteiger partial charge is 0.382 e. The zero-order valence-corrected chi connectivity index (χ0v) is 13.1. The highest BCUT2D eigenvalue weighted by Gasteiger charge is 2.28. The molecule has 1 fully saturated rings. The third-order valence-electron chi connectivity index (χ3n) is 2.89. The summed E-state index contributed by atoms with van der Waals surface area (Å²) in [6.07, 6.45) is 0. The van der Waals surface area contributed by atoms with Gasteiger partial charge in [0, 0.05) is 19.1 Å². The van der Waals surface area contributed by atoms with Crippen LogP contribution in [0.4, 0.5) is 10.9 Å². The second-order valence-electron chi connectivity index (χ2n) is 4.98. The van der Waals surface area contributed by atoms with Gasteiger partial charge >= 0.3 is 0 Å². The first-order chi connectivity index (χ1) is 9.28. The molecule has 1 aliphatic heterocycles. The minimum Gasteiger partial charge on any atom is -0.382 e. The predicted molar refractivity (Wildman–Crippen MR) is 79.8 cm³/mol. The molecule has 0 aromatic carbocycles. The number of nitrogens with zero attached hydrogens (tertiary/aromatic N) is 2. The molecule has 0 unspecified atom stereocenters. The van der Waals surface area contributed by atoms with Crippen LogP contribution >= 0.6 is 11.3 Å². The molecule has 2 heterocycles. The van der Waals surface area contributed by atoms with Crippen LogP contribution in [-0.2, 0) is 9.84 Å². The molecule has 0 saturated carbocycles. The summed E-state index contributed by atoms with van der Waals surface area (Å²) in [7, 11) is -3.00. The molecule has 2 rings (SSSR count). The lowest BCUT2D eigenvalue weighted by Crippen LogP contribution is -2.43. The van der Waals surface area contributed by atoms with E-state index in [-0.39, 0.29) is 42.4 Å². The van der Waals surface area contributed by atoms with Crippen molar-refractivity contribution in [1.29, 1.82) is 0 Å². The van der Waals surface area contributed by atoms with Crippen LogP contribution in [0.3, 0.4) is 0 Å². The Morgan fingerprint density at radius 3 is 2.55 bits per heavy atom. The van der Waals surface area contributed by atoms with Crippen molar-refractivity contribution in [3.63, 3.8) is 0 Å². The van der Waals surface area contributed by atoms with Gasteiger partial charge in [0.15, 0.2) is 15.0 Å². The predicted octanol–water partition coefficient (Wildman–Crippen LogP) is 0.416. The number of amides is 1. The lowest BCUT2D eigenvalue weighted by molar-refractivity contribution is 0.0776. The molecule has 20 heavy (non-hydrogen) atoms. The maximum absolute atomic E-state index is 12.3. The lowest BCUT2D eigenvalue weighted by Gasteiger charge is -2.26. The van der Waals surface area contributed by atoms with Crippen LogP contribution < -0.4 is 11.1 Å². The van der Waals surface area contributed by atoms with Gasteiger partial charge in [-0.25, -0.2) is 13.4 Å². The van der Waals surface area contributed by atoms with E-state index in [4.69, 9.17) is 5.73 Å². The average Bonchev–Trinajstić information content (AvgIpc) is 2.68. The summed E-state index contributed by atoms with van der Waals surface area (Å²) in [6, 6.07) is 0.198. The van der Waals surface area contributed by atoms with Crippen molar-refractivity contribution >= 4 is 38.0 Å². The number of anilines is 2. The van der Waals surface area contributed by atoms with E-state index in [0.717, 1.165) is 0 Å². The van der Waals surface area contributed by atoms with Gasteiger partial charge < -0.3 is 16.0 Å². The summed E-state index contributed by atoms with van der Waals surface area (Å²) >= 11 is 1.20. The number of thiazole rings is 1. The monoisotopic (exact) mass is 318 g/mol. The van der Waals surface area contributed by atoms with Crippen LogP contribution in [0.5, 0.6) is 0 Å². The first-order valence-electron chi connectivity index (χ1n) is 6.31. The van der Waals surface area contributed by atoms with Gasteiger partial charge in [-0.1, -0.05) is 11.3 Å². The number of nitrogen functional groups attached to an aromatic ring is 1. The lowest BCUT2D eigenvalue weighted by atomic mass is 10.4. The first kappa shape index (κ1) is 15.0. The fourth-order valence-electron chi connectivity index (χ4n) is 1.85. The molecule has 0 radical (unpaired) electrons. The first-order valence-corrected chi connectivity index (χ1v) is 8.95. The Kier molecular flexibility index (Phi) is 4.19. The number of nitrogens with two attached hydrogens (primary N) is 1. The SMILES string of the molecule is CC(C)Nc1nc(N)c(C(=O)N2CCS(=O)(=O)CC2)s1. The molecule has 0 bridgehead atoms. The molecular formula is C11H18N4O3S2. The number of hydrogen-bond acceptors (Lipinski definition) is 7. The number of rotatable bonds is 3. The highest BCUT2D eigenvalue weighted by atomic mass is 32.2. The van der Waals surface area contributed by atoms with Crippen molar-refractivity contribution < 1.29 is 13.2 Å². The Morgan fingerprint density at radius 1 is 1.40 bits per heavy atom. The molecule has 1 aromatic heterocycles. The summed E-state index contributed by atoms with van der Waals surface area (Å²) in [5.41, 5.74) is 5.77. The van der Waals surface area contributed by atoms with Gasteiger partial charge in [0.2, 0.25) is 0 Å². The summed E-state index contributed by atoms with van der Waals surface area (Å²) < 4.78 is 22.7. The van der Waals surface area contributed by atoms with Crippen molar-refractivity contribution in [2.45, 2.75) is 19.9 Å². The van der Waals surface area contributed by atoms with Crippen LogP contribution in [0.25, 0.3) is 0 Å². The summed E-state index contributed by atoms with van der Waals surface area (Å²) in [5.74, 6) is -0.0355. The van der Waals surface area contributed by atoms with Gasteiger partial charge in [-0.2, -0.15) is 0 Å². The Balaban J connectivity index is 2.11. The minimum absolute atomic E-state index is 0.00848. The third kappa shape index (κ3) is 3.40. The van der Waals surface area contributed by atoms with Crippen molar-refractivity contribution in [2.75, 3.05) is 35.6 Å². The van der Waals surface area contributed by atoms with Crippen LogP contribution in [0.1, 0.15) is 23.5 Å². The van der Waals surface area contributed by atoms with E-state index < -0.39 is 9.84 Å². The van der Waals surface area contributed by atoms with Gasteiger partial charge in [0.25, 0.3) is 5.91 Å². The van der Waals surface area contributed by atoms with Gasteiger partial charge in [-0.3, -0.25) is 4.79 Å². The van der Waals surface area contributed by atoms with E-state index in [1.54, 1.807) is 0 Å². The summed E-state index contributed by atoms with van der Waals surface area (Å²) in [4.78, 5) is 18.3. The molecule has 1 saturated heterocycles. The Labute approximate surface area is 122 Å². The van der Waals surface area contributed by atoms with Gasteiger partial charge in [0.05, 0.1) is 11.5 Å². The molecule has 7 nitrogen and oxygen atoms in total. The Hall–Kier alpha value is -1.35. The van der Waals surface area contributed by atoms with Crippen LogP contribution in [0, 0.1) is 0 Å². The molecule has 1 aromatic rings. The van der Waals surface area contributed by atoms with Crippen LogP contribution in [-0.4, -0.2) is 54.8 Å². The third-order valence-corrected chi connectivity index (χ3v) is 5.49. The van der Waals surface area contributed by atoms with Crippen molar-refractivity contribution in [3.05, 3.63) is 4.88 Å². The van der Waals surface area contributed by atoms with E-state index in [1.165, 1.54) is 16.2 Å². The molecule has 1 aliphatic rings. The van der Waals surface area contributed by atoms with Gasteiger partial charge in [-0.05, 0) is 13.8 Å². The highest BCUT2D eigenvalue weighted by molar-refractivity contribution is 7.91. The molecule has 112 valence electrons. The second-order valence-corrected chi connectivity index (χ2v) is 8.28. The summed E-state index contributed by atoms with van der Waals surface area (Å²) in [6.45, 7) is 4.36. The summed E-state index contributed by atoms with van der Waals surface area (Å²) in [5, 5.41) is 3.70. The molecule has 0 atom stereocenters. The van der Waals surface area contributed by atoms with E-state index in [9.17, 15) is 13.2 Å². The fraction of sp³-hybridized carbons (Fsp3) is 0.636. The van der Waals surface area contributed by atoms with Gasteiger partial charge in [0.1, 0.15) is 10.7 Å². The molecular weight excluding hydrogens is 300 g/mol. The Morgan fingerprint density at radius 2 is 2.00 bits per heavy atom. The van der Waals surface area contributed by atoms with E-state index in [2.05, 4.69) is 10.3 Å². The number of carbonyl (C=O) groups excluding carboxylic acids is 1. The molecule has 0 spiro atoms. The number of hydrogen-bond donors (Lipinski definition) is 2. The van der Waals surface area contributed by atoms with Crippen molar-refractivity contribution in [2.24, 2.45) is 0 Å². The zero-order valence-electron chi connectivity index (χ0n) is 11.4. The van der Waals surface area contributed by atoms with Crippen LogP contribution in [0.2, 0.25) is 0 Å². The van der Waals surface area contributed by atoms with Crippen molar-refractivity contribution in [3.8, 4) is 0 Å². The normalized spacial score (nSPS) is 18.2. The smallest absolute Gasteiger partial charge is 0.267 e. The van der Waals surface area contributed by atoms with Crippen LogP contribution in [0.15, 0.2) is 0 Å². The quantitative estimate of drug-likeness (QED) is 0.836. The van der Waals surface area contributed by atoms with E-state index in [1.807, 2.05) is 13.8 Å². The van der Waals surface area contributed by atoms with Gasteiger partial charge in [-0.15, -0.1) is 0 Å². The molecule has 3 N–H and O–H groups in total.